The number of methoxy groups -OCH3 is 1. The van der Waals surface area contributed by atoms with Crippen LogP contribution in [0.3, 0.4) is 0 Å². The molecule has 0 aromatic heterocycles. The van der Waals surface area contributed by atoms with E-state index in [1.54, 1.807) is 7.11 Å². The summed E-state index contributed by atoms with van der Waals surface area (Å²) in [6, 6.07) is 15.7. The van der Waals surface area contributed by atoms with Gasteiger partial charge in [0.2, 0.25) is 5.91 Å². The molecule has 1 amide bonds. The van der Waals surface area contributed by atoms with Crippen molar-refractivity contribution in [3.05, 3.63) is 64.1 Å². The Balaban J connectivity index is 1.68. The van der Waals surface area contributed by atoms with Crippen LogP contribution in [0.4, 0.5) is 0 Å². The second kappa shape index (κ2) is 7.99. The second-order valence-corrected chi connectivity index (χ2v) is 7.08. The average Bonchev–Trinajstić information content (AvgIpc) is 3.11. The molecule has 1 heterocycles. The Kier molecular flexibility index (Phi) is 5.73. The minimum absolute atomic E-state index is 0.0331. The van der Waals surface area contributed by atoms with E-state index >= 15 is 0 Å². The summed E-state index contributed by atoms with van der Waals surface area (Å²) in [5, 5.41) is 3.12. The summed E-state index contributed by atoms with van der Waals surface area (Å²) >= 11 is 3.49. The lowest BCUT2D eigenvalue weighted by molar-refractivity contribution is -0.125. The van der Waals surface area contributed by atoms with Crippen molar-refractivity contribution in [3.8, 4) is 5.75 Å². The van der Waals surface area contributed by atoms with Gasteiger partial charge >= 0.3 is 0 Å². The number of benzene rings is 2. The number of rotatable bonds is 5. The minimum atomic E-state index is -0.171. The van der Waals surface area contributed by atoms with E-state index < -0.39 is 0 Å². The van der Waals surface area contributed by atoms with Crippen molar-refractivity contribution in [2.45, 2.75) is 19.0 Å². The number of halogens is 1. The fraction of sp³-hybridized carbons (Fsp3) is 0.316. The topological polar surface area (TPSA) is 62.4 Å². The average molecular weight is 404 g/mol. The molecular weight excluding hydrogens is 382 g/mol. The van der Waals surface area contributed by atoms with Gasteiger partial charge in [0, 0.05) is 11.0 Å². The monoisotopic (exact) mass is 403 g/mol. The van der Waals surface area contributed by atoms with Gasteiger partial charge in [-0.3, -0.25) is 10.2 Å². The van der Waals surface area contributed by atoms with E-state index in [0.29, 0.717) is 6.54 Å². The molecule has 1 fully saturated rings. The molecule has 3 atom stereocenters. The Hall–Kier alpha value is -1.89. The first kappa shape index (κ1) is 17.9. The van der Waals surface area contributed by atoms with Gasteiger partial charge in [-0.2, -0.15) is 0 Å². The molecule has 0 aliphatic carbocycles. The Morgan fingerprint density at radius 2 is 2.04 bits per heavy atom. The lowest BCUT2D eigenvalue weighted by atomic mass is 9.93. The van der Waals surface area contributed by atoms with E-state index in [1.165, 1.54) is 0 Å². The first-order valence-corrected chi connectivity index (χ1v) is 9.06. The second-order valence-electron chi connectivity index (χ2n) is 6.17. The molecule has 0 spiro atoms. The van der Waals surface area contributed by atoms with Crippen LogP contribution in [-0.4, -0.2) is 19.6 Å². The predicted octanol–water partition coefficient (Wildman–Crippen LogP) is 3.10. The van der Waals surface area contributed by atoms with Crippen molar-refractivity contribution in [1.29, 1.82) is 0 Å². The summed E-state index contributed by atoms with van der Waals surface area (Å²) in [5.41, 5.74) is 8.45. The summed E-state index contributed by atoms with van der Waals surface area (Å²) in [5.74, 6) is 0.668. The number of carbonyl (C=O) groups excluding carboxylic acids is 1. The summed E-state index contributed by atoms with van der Waals surface area (Å²) in [6.07, 6.45) is 0. The molecule has 2 aromatic carbocycles. The van der Waals surface area contributed by atoms with Gasteiger partial charge < -0.3 is 10.1 Å². The highest BCUT2D eigenvalue weighted by molar-refractivity contribution is 9.10. The summed E-state index contributed by atoms with van der Waals surface area (Å²) < 4.78 is 6.18. The summed E-state index contributed by atoms with van der Waals surface area (Å²) in [4.78, 5) is 12.8. The van der Waals surface area contributed by atoms with Crippen LogP contribution >= 0.6 is 15.9 Å². The van der Waals surface area contributed by atoms with Crippen LogP contribution < -0.4 is 20.9 Å². The van der Waals surface area contributed by atoms with Crippen molar-refractivity contribution in [1.82, 2.24) is 16.2 Å². The Bertz CT molecular complexity index is 736. The van der Waals surface area contributed by atoms with E-state index in [4.69, 9.17) is 4.74 Å². The van der Waals surface area contributed by atoms with E-state index in [2.05, 4.69) is 32.1 Å². The lowest BCUT2D eigenvalue weighted by Crippen LogP contribution is -2.36. The van der Waals surface area contributed by atoms with Gasteiger partial charge in [0.1, 0.15) is 5.75 Å². The molecular formula is C19H22BrN3O2. The molecule has 1 aliphatic heterocycles. The van der Waals surface area contributed by atoms with Crippen LogP contribution in [0.1, 0.15) is 30.1 Å². The maximum Gasteiger partial charge on any atom is 0.226 e. The normalized spacial score (nSPS) is 20.9. The van der Waals surface area contributed by atoms with Crippen molar-refractivity contribution >= 4 is 21.8 Å². The number of hydrogen-bond acceptors (Lipinski definition) is 4. The fourth-order valence-electron chi connectivity index (χ4n) is 3.05. The maximum absolute atomic E-state index is 12.8. The quantitative estimate of drug-likeness (QED) is 0.717. The molecule has 3 rings (SSSR count). The lowest BCUT2D eigenvalue weighted by Gasteiger charge is -2.21. The van der Waals surface area contributed by atoms with Crippen LogP contribution in [0.2, 0.25) is 0 Å². The van der Waals surface area contributed by atoms with Gasteiger partial charge in [-0.1, -0.05) is 40.2 Å². The number of amides is 1. The fourth-order valence-corrected chi connectivity index (χ4v) is 3.47. The zero-order chi connectivity index (χ0) is 17.8. The van der Waals surface area contributed by atoms with Gasteiger partial charge in [-0.05, 0) is 42.3 Å². The Morgan fingerprint density at radius 3 is 2.72 bits per heavy atom. The smallest absolute Gasteiger partial charge is 0.226 e. The van der Waals surface area contributed by atoms with Crippen LogP contribution in [0.5, 0.6) is 5.75 Å². The molecule has 6 heteroatoms. The zero-order valence-electron chi connectivity index (χ0n) is 14.3. The molecule has 3 N–H and O–H groups in total. The third-order valence-corrected chi connectivity index (χ3v) is 4.99. The van der Waals surface area contributed by atoms with Crippen LogP contribution in [-0.2, 0) is 4.79 Å². The highest BCUT2D eigenvalue weighted by atomic mass is 79.9. The number of hydrogen-bond donors (Lipinski definition) is 3. The van der Waals surface area contributed by atoms with Crippen LogP contribution in [0, 0.1) is 5.92 Å². The summed E-state index contributed by atoms with van der Waals surface area (Å²) in [6.45, 7) is 2.59. The molecule has 5 nitrogen and oxygen atoms in total. The third-order valence-electron chi connectivity index (χ3n) is 4.50. The third kappa shape index (κ3) is 4.21. The highest BCUT2D eigenvalue weighted by Crippen LogP contribution is 2.28. The molecule has 0 radical (unpaired) electrons. The van der Waals surface area contributed by atoms with Crippen molar-refractivity contribution < 1.29 is 9.53 Å². The summed E-state index contributed by atoms with van der Waals surface area (Å²) in [7, 11) is 1.64. The first-order chi connectivity index (χ1) is 12.1. The van der Waals surface area contributed by atoms with Gasteiger partial charge in [0.25, 0.3) is 0 Å². The van der Waals surface area contributed by atoms with Gasteiger partial charge in [-0.25, -0.2) is 5.43 Å². The molecule has 3 unspecified atom stereocenters. The molecule has 1 saturated heterocycles. The van der Waals surface area contributed by atoms with Gasteiger partial charge in [-0.15, -0.1) is 0 Å². The highest BCUT2D eigenvalue weighted by Gasteiger charge is 2.34. The largest absolute Gasteiger partial charge is 0.497 e. The SMILES string of the molecule is COc1ccc(C(C)NC(=O)C2CNNC2c2cccc(Br)c2)cc1. The van der Waals surface area contributed by atoms with E-state index in [1.807, 2.05) is 55.5 Å². The predicted molar refractivity (Wildman–Crippen MR) is 101 cm³/mol. The first-order valence-electron chi connectivity index (χ1n) is 8.26. The Morgan fingerprint density at radius 1 is 1.28 bits per heavy atom. The van der Waals surface area contributed by atoms with E-state index in [0.717, 1.165) is 21.3 Å². The minimum Gasteiger partial charge on any atom is -0.497 e. The van der Waals surface area contributed by atoms with Crippen molar-refractivity contribution in [2.75, 3.05) is 13.7 Å². The van der Waals surface area contributed by atoms with Gasteiger partial charge in [0.15, 0.2) is 0 Å². The van der Waals surface area contributed by atoms with Gasteiger partial charge in [0.05, 0.1) is 25.1 Å². The zero-order valence-corrected chi connectivity index (χ0v) is 15.8. The number of carbonyl (C=O) groups is 1. The van der Waals surface area contributed by atoms with Crippen LogP contribution in [0.25, 0.3) is 0 Å². The molecule has 0 bridgehead atoms. The van der Waals surface area contributed by atoms with Crippen molar-refractivity contribution in [3.63, 3.8) is 0 Å². The number of hydrazine groups is 1. The maximum atomic E-state index is 12.8. The number of nitrogens with one attached hydrogen (secondary N) is 3. The molecule has 25 heavy (non-hydrogen) atoms. The molecule has 2 aromatic rings. The molecule has 132 valence electrons. The van der Waals surface area contributed by atoms with Crippen LogP contribution in [0.15, 0.2) is 53.0 Å². The standard InChI is InChI=1S/C19H22BrN3O2/c1-12(13-6-8-16(25-2)9-7-13)22-19(24)17-11-21-23-18(17)14-4-3-5-15(20)10-14/h3-10,12,17-18,21,23H,11H2,1-2H3,(H,22,24). The number of ether oxygens (including phenoxy) is 1. The molecule has 1 aliphatic rings. The van der Waals surface area contributed by atoms with E-state index in [9.17, 15) is 4.79 Å². The molecule has 0 saturated carbocycles. The van der Waals surface area contributed by atoms with Crippen molar-refractivity contribution in [2.24, 2.45) is 5.92 Å². The van der Waals surface area contributed by atoms with E-state index in [-0.39, 0.29) is 23.9 Å². The Labute approximate surface area is 156 Å².